The molecule has 0 aliphatic heterocycles. The molecule has 0 saturated heterocycles. The molecule has 0 aromatic carbocycles. The molecule has 2 N–H and O–H groups in total. The Bertz CT molecular complexity index is 1060. The number of thiazole rings is 1. The number of aromatic nitrogens is 5. The molecule has 29 heavy (non-hydrogen) atoms. The Balaban J connectivity index is 1.80. The van der Waals surface area contributed by atoms with Gasteiger partial charge in [0.2, 0.25) is 0 Å². The van der Waals surface area contributed by atoms with E-state index in [-0.39, 0.29) is 5.91 Å². The maximum Gasteiger partial charge on any atom is 0.259 e. The number of aromatic amines is 1. The number of nitrogens with zero attached hydrogens (tertiary/aromatic N) is 5. The molecule has 0 unspecified atom stereocenters. The second-order valence-corrected chi connectivity index (χ2v) is 7.60. The van der Waals surface area contributed by atoms with Gasteiger partial charge in [-0.05, 0) is 45.1 Å². The van der Waals surface area contributed by atoms with Gasteiger partial charge in [-0.1, -0.05) is 17.4 Å². The van der Waals surface area contributed by atoms with Gasteiger partial charge in [-0.25, -0.2) is 9.97 Å². The van der Waals surface area contributed by atoms with Crippen LogP contribution >= 0.6 is 23.6 Å². The molecule has 0 saturated carbocycles. The number of nitrogens with one attached hydrogen (secondary N) is 2. The first-order valence-electron chi connectivity index (χ1n) is 9.24. The number of hydrogen-bond acceptors (Lipinski definition) is 7. The van der Waals surface area contributed by atoms with Crippen molar-refractivity contribution in [2.24, 2.45) is 0 Å². The van der Waals surface area contributed by atoms with E-state index in [1.54, 1.807) is 18.3 Å². The summed E-state index contributed by atoms with van der Waals surface area (Å²) in [5, 5.41) is 10.4. The quantitative estimate of drug-likeness (QED) is 0.415. The maximum absolute atomic E-state index is 12.6. The van der Waals surface area contributed by atoms with Gasteiger partial charge in [0.1, 0.15) is 5.82 Å². The zero-order valence-electron chi connectivity index (χ0n) is 16.6. The highest BCUT2D eigenvalue weighted by Crippen LogP contribution is 2.32. The summed E-state index contributed by atoms with van der Waals surface area (Å²) in [6.45, 7) is 12.0. The van der Waals surface area contributed by atoms with Crippen LogP contribution in [0.3, 0.4) is 0 Å². The van der Waals surface area contributed by atoms with Crippen molar-refractivity contribution >= 4 is 40.4 Å². The summed E-state index contributed by atoms with van der Waals surface area (Å²) < 4.78 is 2.35. The molecular weight excluding hydrogens is 406 g/mol. The van der Waals surface area contributed by atoms with Crippen LogP contribution in [0.2, 0.25) is 0 Å². The zero-order chi connectivity index (χ0) is 21.0. The summed E-state index contributed by atoms with van der Waals surface area (Å²) in [6, 6.07) is 3.63. The molecule has 0 atom stereocenters. The maximum atomic E-state index is 12.6. The molecule has 3 aromatic heterocycles. The molecule has 0 spiro atoms. The number of anilines is 2. The molecule has 3 rings (SSSR count). The number of H-pyrrole nitrogens is 1. The standard InChI is InChI=1S/C19H23N7OS2/c1-5-10-26-16(23-24-19(26)28)15-12(4)21-18(29-15)22-17(27)13-8-9-14(20-11-13)25(6-2)7-3/h5,8-9,11H,1,6-7,10H2,2-4H3,(H,24,28)(H,21,22,27). The molecule has 0 aliphatic carbocycles. The third-order valence-electron chi connectivity index (χ3n) is 4.39. The van der Waals surface area contributed by atoms with Crippen LogP contribution in [0, 0.1) is 11.7 Å². The molecule has 152 valence electrons. The van der Waals surface area contributed by atoms with Gasteiger partial charge >= 0.3 is 0 Å². The van der Waals surface area contributed by atoms with Crippen molar-refractivity contribution in [3.63, 3.8) is 0 Å². The molecular formula is C19H23N7OS2. The molecule has 0 fully saturated rings. The molecule has 10 heteroatoms. The Kier molecular flexibility index (Phi) is 6.55. The van der Waals surface area contributed by atoms with Crippen LogP contribution in [0.5, 0.6) is 0 Å². The predicted octanol–water partition coefficient (Wildman–Crippen LogP) is 4.05. The van der Waals surface area contributed by atoms with Crippen molar-refractivity contribution in [3.8, 4) is 10.7 Å². The van der Waals surface area contributed by atoms with E-state index in [9.17, 15) is 4.79 Å². The van der Waals surface area contributed by atoms with E-state index in [1.807, 2.05) is 17.6 Å². The predicted molar refractivity (Wildman–Crippen MR) is 119 cm³/mol. The number of carbonyl (C=O) groups is 1. The van der Waals surface area contributed by atoms with Crippen molar-refractivity contribution in [1.82, 2.24) is 24.7 Å². The van der Waals surface area contributed by atoms with E-state index in [0.717, 1.165) is 29.5 Å². The smallest absolute Gasteiger partial charge is 0.259 e. The summed E-state index contributed by atoms with van der Waals surface area (Å²) >= 11 is 6.62. The van der Waals surface area contributed by atoms with Crippen LogP contribution in [-0.2, 0) is 6.54 Å². The number of carbonyl (C=O) groups excluding carboxylic acids is 1. The van der Waals surface area contributed by atoms with E-state index in [2.05, 4.69) is 50.8 Å². The number of aryl methyl sites for hydroxylation is 1. The van der Waals surface area contributed by atoms with Crippen molar-refractivity contribution in [2.75, 3.05) is 23.3 Å². The van der Waals surface area contributed by atoms with Crippen LogP contribution in [0.25, 0.3) is 10.7 Å². The lowest BCUT2D eigenvalue weighted by molar-refractivity contribution is 0.102. The lowest BCUT2D eigenvalue weighted by Crippen LogP contribution is -2.23. The molecule has 3 heterocycles. The van der Waals surface area contributed by atoms with Gasteiger partial charge in [0.05, 0.1) is 16.1 Å². The lowest BCUT2D eigenvalue weighted by Gasteiger charge is -2.19. The molecule has 8 nitrogen and oxygen atoms in total. The normalized spacial score (nSPS) is 10.7. The van der Waals surface area contributed by atoms with E-state index >= 15 is 0 Å². The second-order valence-electron chi connectivity index (χ2n) is 6.22. The van der Waals surface area contributed by atoms with Crippen LogP contribution < -0.4 is 10.2 Å². The first-order chi connectivity index (χ1) is 14.0. The number of hydrogen-bond donors (Lipinski definition) is 2. The first-order valence-corrected chi connectivity index (χ1v) is 10.5. The molecule has 1 amide bonds. The lowest BCUT2D eigenvalue weighted by atomic mass is 10.2. The molecule has 0 bridgehead atoms. The Hall–Kier alpha value is -2.85. The average molecular weight is 430 g/mol. The van der Waals surface area contributed by atoms with Crippen molar-refractivity contribution in [1.29, 1.82) is 0 Å². The van der Waals surface area contributed by atoms with E-state index in [4.69, 9.17) is 12.2 Å². The average Bonchev–Trinajstić information content (AvgIpc) is 3.25. The third kappa shape index (κ3) is 4.43. The Labute approximate surface area is 178 Å². The highest BCUT2D eigenvalue weighted by molar-refractivity contribution is 7.71. The third-order valence-corrected chi connectivity index (χ3v) is 5.77. The van der Waals surface area contributed by atoms with E-state index in [1.165, 1.54) is 11.3 Å². The van der Waals surface area contributed by atoms with Gasteiger partial charge in [-0.15, -0.1) is 6.58 Å². The first kappa shape index (κ1) is 20.9. The fourth-order valence-electron chi connectivity index (χ4n) is 2.87. The van der Waals surface area contributed by atoms with Crippen molar-refractivity contribution < 1.29 is 4.79 Å². The minimum atomic E-state index is -0.256. The van der Waals surface area contributed by atoms with Gasteiger partial charge in [-0.2, -0.15) is 5.10 Å². The SMILES string of the molecule is C=CCn1c(-c2sc(NC(=O)c3ccc(N(CC)CC)nc3)nc2C)n[nH]c1=S. The zero-order valence-corrected chi connectivity index (χ0v) is 18.2. The van der Waals surface area contributed by atoms with Gasteiger partial charge in [0, 0.05) is 25.8 Å². The molecule has 0 aliphatic rings. The van der Waals surface area contributed by atoms with E-state index < -0.39 is 0 Å². The largest absolute Gasteiger partial charge is 0.357 e. The van der Waals surface area contributed by atoms with Crippen LogP contribution in [0.4, 0.5) is 10.9 Å². The number of amides is 1. The van der Waals surface area contributed by atoms with Crippen molar-refractivity contribution in [3.05, 3.63) is 47.0 Å². The molecule has 0 radical (unpaired) electrons. The fourth-order valence-corrected chi connectivity index (χ4v) is 4.04. The molecule has 3 aromatic rings. The monoisotopic (exact) mass is 429 g/mol. The van der Waals surface area contributed by atoms with Crippen LogP contribution in [0.15, 0.2) is 31.0 Å². The topological polar surface area (TPSA) is 91.7 Å². The number of pyridine rings is 1. The summed E-state index contributed by atoms with van der Waals surface area (Å²) in [5.41, 5.74) is 1.24. The van der Waals surface area contributed by atoms with Gasteiger partial charge in [0.25, 0.3) is 5.91 Å². The summed E-state index contributed by atoms with van der Waals surface area (Å²) in [7, 11) is 0. The second kappa shape index (κ2) is 9.10. The van der Waals surface area contributed by atoms with Crippen LogP contribution in [0.1, 0.15) is 29.9 Å². The van der Waals surface area contributed by atoms with E-state index in [0.29, 0.717) is 27.8 Å². The van der Waals surface area contributed by atoms with Crippen LogP contribution in [-0.4, -0.2) is 43.7 Å². The summed E-state index contributed by atoms with van der Waals surface area (Å²) in [5.74, 6) is 1.27. The Morgan fingerprint density at radius 1 is 1.41 bits per heavy atom. The minimum absolute atomic E-state index is 0.256. The minimum Gasteiger partial charge on any atom is -0.357 e. The summed E-state index contributed by atoms with van der Waals surface area (Å²) in [6.07, 6.45) is 3.34. The Morgan fingerprint density at radius 3 is 2.79 bits per heavy atom. The highest BCUT2D eigenvalue weighted by Gasteiger charge is 2.18. The van der Waals surface area contributed by atoms with Gasteiger partial charge < -0.3 is 4.90 Å². The van der Waals surface area contributed by atoms with Crippen molar-refractivity contribution in [2.45, 2.75) is 27.3 Å². The van der Waals surface area contributed by atoms with Gasteiger partial charge in [-0.3, -0.25) is 19.8 Å². The van der Waals surface area contributed by atoms with Gasteiger partial charge in [0.15, 0.2) is 15.7 Å². The number of allylic oxidation sites excluding steroid dienone is 1. The Morgan fingerprint density at radius 2 is 2.17 bits per heavy atom. The highest BCUT2D eigenvalue weighted by atomic mass is 32.1. The number of rotatable bonds is 8. The summed E-state index contributed by atoms with van der Waals surface area (Å²) in [4.78, 5) is 24.4. The fraction of sp³-hybridized carbons (Fsp3) is 0.316.